The Labute approximate surface area is 112 Å². The summed E-state index contributed by atoms with van der Waals surface area (Å²) in [4.78, 5) is 23.3. The van der Waals surface area contributed by atoms with Crippen molar-refractivity contribution in [2.75, 3.05) is 0 Å². The molecule has 2 aliphatic heterocycles. The van der Waals surface area contributed by atoms with E-state index in [9.17, 15) is 9.59 Å². The molecule has 5 atom stereocenters. The van der Waals surface area contributed by atoms with E-state index >= 15 is 0 Å². The number of nitrogens with zero attached hydrogens (tertiary/aromatic N) is 1. The highest BCUT2D eigenvalue weighted by Crippen LogP contribution is 2.36. The van der Waals surface area contributed by atoms with Gasteiger partial charge >= 0.3 is 5.97 Å². The second-order valence-electron chi connectivity index (χ2n) is 6.00. The maximum Gasteiger partial charge on any atom is 0.304 e. The van der Waals surface area contributed by atoms with Crippen LogP contribution in [0.15, 0.2) is 0 Å². The van der Waals surface area contributed by atoms with Gasteiger partial charge in [0.1, 0.15) is 6.17 Å². The lowest BCUT2D eigenvalue weighted by molar-refractivity contribution is -0.152. The standard InChI is InChI=1S/C13H21N3O3/c1-7-9(6-11(17)18)13(19)16-12(14-7)8-4-2-3-5-10(8)15-16/h7-10,12,14-15H,2-6H2,1H3,(H,17,18). The molecule has 19 heavy (non-hydrogen) atoms. The number of carbonyl (C=O) groups excluding carboxylic acids is 1. The van der Waals surface area contributed by atoms with Gasteiger partial charge in [-0.05, 0) is 19.8 Å². The Morgan fingerprint density at radius 2 is 2.16 bits per heavy atom. The number of aliphatic carboxylic acids is 1. The number of nitrogens with one attached hydrogen (secondary N) is 2. The molecule has 3 rings (SSSR count). The van der Waals surface area contributed by atoms with E-state index in [4.69, 9.17) is 5.11 Å². The first-order valence-electron chi connectivity index (χ1n) is 7.15. The van der Waals surface area contributed by atoms with Crippen LogP contribution in [0.3, 0.4) is 0 Å². The fourth-order valence-corrected chi connectivity index (χ4v) is 3.78. The second kappa shape index (κ2) is 4.76. The van der Waals surface area contributed by atoms with Gasteiger partial charge in [-0.25, -0.2) is 5.43 Å². The number of carbonyl (C=O) groups is 2. The van der Waals surface area contributed by atoms with Crippen molar-refractivity contribution >= 4 is 11.9 Å². The number of hydrogen-bond acceptors (Lipinski definition) is 4. The molecular weight excluding hydrogens is 246 g/mol. The lowest BCUT2D eigenvalue weighted by atomic mass is 9.82. The number of rotatable bonds is 2. The third-order valence-corrected chi connectivity index (χ3v) is 4.79. The zero-order chi connectivity index (χ0) is 13.6. The van der Waals surface area contributed by atoms with Crippen LogP contribution in [-0.2, 0) is 9.59 Å². The molecule has 1 amide bonds. The van der Waals surface area contributed by atoms with E-state index in [1.165, 1.54) is 12.8 Å². The Bertz CT molecular complexity index is 401. The molecule has 3 N–H and O–H groups in total. The van der Waals surface area contributed by atoms with Crippen LogP contribution in [0.2, 0.25) is 0 Å². The number of hydrazine groups is 1. The quantitative estimate of drug-likeness (QED) is 0.670. The van der Waals surface area contributed by atoms with Gasteiger partial charge in [0.05, 0.1) is 12.3 Å². The second-order valence-corrected chi connectivity index (χ2v) is 6.00. The van der Waals surface area contributed by atoms with Gasteiger partial charge in [0, 0.05) is 18.0 Å². The van der Waals surface area contributed by atoms with E-state index in [0.717, 1.165) is 12.8 Å². The van der Waals surface area contributed by atoms with Gasteiger partial charge in [0.25, 0.3) is 0 Å². The molecule has 106 valence electrons. The molecule has 0 bridgehead atoms. The Hall–Kier alpha value is -1.14. The molecule has 2 heterocycles. The molecule has 0 aromatic rings. The van der Waals surface area contributed by atoms with Crippen LogP contribution in [0.4, 0.5) is 0 Å². The van der Waals surface area contributed by atoms with Crippen LogP contribution >= 0.6 is 0 Å². The van der Waals surface area contributed by atoms with Crippen LogP contribution in [0.1, 0.15) is 39.0 Å². The lowest BCUT2D eigenvalue weighted by Gasteiger charge is -2.40. The highest BCUT2D eigenvalue weighted by molar-refractivity contribution is 5.84. The minimum absolute atomic E-state index is 0.0397. The average Bonchev–Trinajstić information content (AvgIpc) is 2.73. The maximum absolute atomic E-state index is 12.5. The number of hydrogen-bond donors (Lipinski definition) is 3. The molecule has 3 fully saturated rings. The van der Waals surface area contributed by atoms with Crippen molar-refractivity contribution in [1.29, 1.82) is 0 Å². The first-order chi connectivity index (χ1) is 9.08. The molecule has 6 heteroatoms. The summed E-state index contributed by atoms with van der Waals surface area (Å²) in [6.45, 7) is 1.92. The van der Waals surface area contributed by atoms with E-state index in [-0.39, 0.29) is 24.5 Å². The lowest BCUT2D eigenvalue weighted by Crippen LogP contribution is -2.63. The highest BCUT2D eigenvalue weighted by atomic mass is 16.4. The van der Waals surface area contributed by atoms with Crippen LogP contribution in [-0.4, -0.2) is 40.2 Å². The van der Waals surface area contributed by atoms with E-state index in [2.05, 4.69) is 10.7 Å². The van der Waals surface area contributed by atoms with Crippen molar-refractivity contribution in [1.82, 2.24) is 15.8 Å². The summed E-state index contributed by atoms with van der Waals surface area (Å²) in [5.74, 6) is -0.984. The van der Waals surface area contributed by atoms with Crippen molar-refractivity contribution in [2.45, 2.75) is 57.3 Å². The van der Waals surface area contributed by atoms with E-state index in [1.54, 1.807) is 5.01 Å². The molecule has 2 saturated heterocycles. The monoisotopic (exact) mass is 267 g/mol. The topological polar surface area (TPSA) is 81.7 Å². The first-order valence-corrected chi connectivity index (χ1v) is 7.15. The number of carboxylic acids is 1. The summed E-state index contributed by atoms with van der Waals surface area (Å²) in [5, 5.41) is 14.0. The average molecular weight is 267 g/mol. The van der Waals surface area contributed by atoms with Crippen molar-refractivity contribution in [2.24, 2.45) is 11.8 Å². The zero-order valence-corrected chi connectivity index (χ0v) is 11.1. The Balaban J connectivity index is 1.78. The summed E-state index contributed by atoms with van der Waals surface area (Å²) >= 11 is 0. The SMILES string of the molecule is CC1NC2C3CCCCC3NN2C(=O)C1CC(=O)O. The highest BCUT2D eigenvalue weighted by Gasteiger charge is 2.50. The molecule has 0 radical (unpaired) electrons. The van der Waals surface area contributed by atoms with Crippen molar-refractivity contribution < 1.29 is 14.7 Å². The van der Waals surface area contributed by atoms with Gasteiger partial charge in [0.2, 0.25) is 5.91 Å². The molecular formula is C13H21N3O3. The van der Waals surface area contributed by atoms with Crippen molar-refractivity contribution in [3.63, 3.8) is 0 Å². The molecule has 3 aliphatic rings. The number of amides is 1. The van der Waals surface area contributed by atoms with Gasteiger partial charge < -0.3 is 5.11 Å². The summed E-state index contributed by atoms with van der Waals surface area (Å²) in [5.41, 5.74) is 3.30. The van der Waals surface area contributed by atoms with E-state index in [0.29, 0.717) is 12.0 Å². The predicted molar refractivity (Wildman–Crippen MR) is 67.9 cm³/mol. The predicted octanol–water partition coefficient (Wildman–Crippen LogP) is 0.301. The van der Waals surface area contributed by atoms with Crippen LogP contribution in [0.25, 0.3) is 0 Å². The van der Waals surface area contributed by atoms with Gasteiger partial charge in [0.15, 0.2) is 0 Å². The summed E-state index contributed by atoms with van der Waals surface area (Å²) in [6.07, 6.45) is 4.60. The normalized spacial score (nSPS) is 41.8. The first kappa shape index (κ1) is 12.9. The zero-order valence-electron chi connectivity index (χ0n) is 11.1. The number of carboxylic acid groups (broad SMARTS) is 1. The minimum atomic E-state index is -0.915. The Kier molecular flexibility index (Phi) is 3.22. The van der Waals surface area contributed by atoms with Gasteiger partial charge in [-0.15, -0.1) is 0 Å². The van der Waals surface area contributed by atoms with Gasteiger partial charge in [-0.1, -0.05) is 12.8 Å². The molecule has 1 saturated carbocycles. The fraction of sp³-hybridized carbons (Fsp3) is 0.846. The molecule has 0 aromatic carbocycles. The van der Waals surface area contributed by atoms with Gasteiger partial charge in [-0.2, -0.15) is 0 Å². The van der Waals surface area contributed by atoms with E-state index < -0.39 is 11.9 Å². The number of fused-ring (bicyclic) bond motifs is 3. The van der Waals surface area contributed by atoms with E-state index in [1.807, 2.05) is 6.92 Å². The largest absolute Gasteiger partial charge is 0.481 e. The molecule has 1 aliphatic carbocycles. The van der Waals surface area contributed by atoms with Crippen LogP contribution in [0, 0.1) is 11.8 Å². The third-order valence-electron chi connectivity index (χ3n) is 4.79. The maximum atomic E-state index is 12.5. The molecule has 5 unspecified atom stereocenters. The Morgan fingerprint density at radius 1 is 1.42 bits per heavy atom. The Morgan fingerprint density at radius 3 is 2.89 bits per heavy atom. The van der Waals surface area contributed by atoms with Gasteiger partial charge in [-0.3, -0.25) is 19.9 Å². The molecule has 0 spiro atoms. The third kappa shape index (κ3) is 2.12. The molecule has 6 nitrogen and oxygen atoms in total. The minimum Gasteiger partial charge on any atom is -0.481 e. The molecule has 0 aromatic heterocycles. The summed E-state index contributed by atoms with van der Waals surface area (Å²) in [7, 11) is 0. The summed E-state index contributed by atoms with van der Waals surface area (Å²) < 4.78 is 0. The van der Waals surface area contributed by atoms with Crippen LogP contribution < -0.4 is 10.7 Å². The fourth-order valence-electron chi connectivity index (χ4n) is 3.78. The smallest absolute Gasteiger partial charge is 0.304 e. The van der Waals surface area contributed by atoms with Crippen LogP contribution in [0.5, 0.6) is 0 Å². The van der Waals surface area contributed by atoms with Crippen molar-refractivity contribution in [3.8, 4) is 0 Å². The summed E-state index contributed by atoms with van der Waals surface area (Å²) in [6, 6.07) is 0.290. The van der Waals surface area contributed by atoms with Crippen molar-refractivity contribution in [3.05, 3.63) is 0 Å².